The Labute approximate surface area is 117 Å². The minimum absolute atomic E-state index is 0. The van der Waals surface area contributed by atoms with Gasteiger partial charge in [0.1, 0.15) is 0 Å². The SMILES string of the molecule is CCCCOC(=O)C(C)=C(C)CCCC.[SnH2]. The summed E-state index contributed by atoms with van der Waals surface area (Å²) in [7, 11) is 0. The first-order valence-electron chi connectivity index (χ1n) is 5.96. The van der Waals surface area contributed by atoms with E-state index in [0.29, 0.717) is 6.61 Å². The second-order valence-electron chi connectivity index (χ2n) is 4.00. The van der Waals surface area contributed by atoms with Crippen LogP contribution in [0.15, 0.2) is 11.1 Å². The van der Waals surface area contributed by atoms with Crippen molar-refractivity contribution < 1.29 is 9.53 Å². The number of carbonyl (C=O) groups is 1. The molecule has 0 heterocycles. The molecule has 0 aromatic rings. The molecule has 0 unspecified atom stereocenters. The van der Waals surface area contributed by atoms with Crippen molar-refractivity contribution in [3.63, 3.8) is 0 Å². The van der Waals surface area contributed by atoms with E-state index in [0.717, 1.165) is 37.7 Å². The molecule has 0 aliphatic rings. The van der Waals surface area contributed by atoms with Crippen molar-refractivity contribution in [2.24, 2.45) is 0 Å². The molecule has 0 saturated heterocycles. The van der Waals surface area contributed by atoms with Crippen molar-refractivity contribution in [2.45, 2.75) is 59.8 Å². The van der Waals surface area contributed by atoms with Gasteiger partial charge >= 0.3 is 29.9 Å². The molecular weight excluding hydrogens is 307 g/mol. The molecule has 0 spiro atoms. The van der Waals surface area contributed by atoms with Gasteiger partial charge in [-0.05, 0) is 33.1 Å². The van der Waals surface area contributed by atoms with Crippen LogP contribution in [0.25, 0.3) is 0 Å². The molecule has 0 aliphatic heterocycles. The van der Waals surface area contributed by atoms with Gasteiger partial charge in [0.2, 0.25) is 0 Å². The molecule has 16 heavy (non-hydrogen) atoms. The number of esters is 1. The van der Waals surface area contributed by atoms with Crippen molar-refractivity contribution in [3.05, 3.63) is 11.1 Å². The van der Waals surface area contributed by atoms with E-state index < -0.39 is 0 Å². The predicted molar refractivity (Wildman–Crippen MR) is 72.3 cm³/mol. The van der Waals surface area contributed by atoms with Gasteiger partial charge < -0.3 is 4.74 Å². The standard InChI is InChI=1S/C13H24O2.Sn.2H/c1-5-7-9-11(3)12(4)13(14)15-10-8-6-2;;;/h5-10H2,1-4H3;;;. The van der Waals surface area contributed by atoms with Crippen LogP contribution in [0.3, 0.4) is 0 Å². The summed E-state index contributed by atoms with van der Waals surface area (Å²) >= 11 is 0. The van der Waals surface area contributed by atoms with Gasteiger partial charge in [-0.1, -0.05) is 32.3 Å². The number of ether oxygens (including phenoxy) is 1. The zero-order chi connectivity index (χ0) is 11.7. The van der Waals surface area contributed by atoms with Gasteiger partial charge in [0.15, 0.2) is 0 Å². The quantitative estimate of drug-likeness (QED) is 0.310. The second-order valence-corrected chi connectivity index (χ2v) is 4.00. The number of allylic oxidation sites excluding steroid dienone is 1. The molecule has 94 valence electrons. The molecule has 0 fully saturated rings. The van der Waals surface area contributed by atoms with Crippen molar-refractivity contribution in [1.29, 1.82) is 0 Å². The first kappa shape index (κ1) is 18.4. The number of rotatable bonds is 7. The zero-order valence-electron chi connectivity index (χ0n) is 11.3. The fourth-order valence-corrected chi connectivity index (χ4v) is 1.22. The Morgan fingerprint density at radius 2 is 1.62 bits per heavy atom. The molecule has 0 amide bonds. The number of unbranched alkanes of at least 4 members (excludes halogenated alkanes) is 2. The Kier molecular flexibility index (Phi) is 13.2. The summed E-state index contributed by atoms with van der Waals surface area (Å²) in [5, 5.41) is 0. The normalized spacial score (nSPS) is 11.5. The number of hydrogen-bond acceptors (Lipinski definition) is 2. The average Bonchev–Trinajstić information content (AvgIpc) is 2.24. The van der Waals surface area contributed by atoms with Crippen molar-refractivity contribution in [3.8, 4) is 0 Å². The van der Waals surface area contributed by atoms with Gasteiger partial charge in [0.05, 0.1) is 6.61 Å². The molecule has 0 aromatic carbocycles. The summed E-state index contributed by atoms with van der Waals surface area (Å²) in [6.07, 6.45) is 5.32. The van der Waals surface area contributed by atoms with Crippen LogP contribution in [0.2, 0.25) is 0 Å². The van der Waals surface area contributed by atoms with Crippen LogP contribution in [-0.4, -0.2) is 36.5 Å². The van der Waals surface area contributed by atoms with Crippen molar-refractivity contribution in [2.75, 3.05) is 6.61 Å². The van der Waals surface area contributed by atoms with Gasteiger partial charge in [0, 0.05) is 5.57 Å². The Balaban J connectivity index is 0. The molecule has 2 radical (unpaired) electrons. The van der Waals surface area contributed by atoms with Gasteiger partial charge in [-0.25, -0.2) is 4.79 Å². The average molecular weight is 333 g/mol. The molecule has 0 aliphatic carbocycles. The van der Waals surface area contributed by atoms with Crippen molar-refractivity contribution in [1.82, 2.24) is 0 Å². The van der Waals surface area contributed by atoms with E-state index in [-0.39, 0.29) is 29.9 Å². The Morgan fingerprint density at radius 3 is 2.12 bits per heavy atom. The van der Waals surface area contributed by atoms with E-state index in [1.54, 1.807) is 0 Å². The zero-order valence-corrected chi connectivity index (χ0v) is 15.3. The summed E-state index contributed by atoms with van der Waals surface area (Å²) in [5.41, 5.74) is 1.96. The minimum atomic E-state index is -0.142. The molecule has 0 saturated carbocycles. The summed E-state index contributed by atoms with van der Waals surface area (Å²) in [6.45, 7) is 8.67. The van der Waals surface area contributed by atoms with Gasteiger partial charge in [-0.15, -0.1) is 0 Å². The van der Waals surface area contributed by atoms with Crippen LogP contribution < -0.4 is 0 Å². The van der Waals surface area contributed by atoms with E-state index in [1.165, 1.54) is 5.57 Å². The maximum atomic E-state index is 11.5. The summed E-state index contributed by atoms with van der Waals surface area (Å²) in [5.74, 6) is -0.142. The van der Waals surface area contributed by atoms with Crippen LogP contribution in [0.1, 0.15) is 59.8 Å². The number of carbonyl (C=O) groups excluding carboxylic acids is 1. The molecule has 0 bridgehead atoms. The van der Waals surface area contributed by atoms with E-state index in [4.69, 9.17) is 4.74 Å². The van der Waals surface area contributed by atoms with Crippen LogP contribution in [0, 0.1) is 0 Å². The molecule has 0 N–H and O–H groups in total. The third kappa shape index (κ3) is 8.19. The molecular formula is C13H26O2Sn. The Hall–Kier alpha value is 0.00870. The monoisotopic (exact) mass is 334 g/mol. The second kappa shape index (κ2) is 11.5. The molecule has 0 atom stereocenters. The van der Waals surface area contributed by atoms with Gasteiger partial charge in [-0.2, -0.15) is 0 Å². The molecule has 0 aromatic heterocycles. The summed E-state index contributed by atoms with van der Waals surface area (Å²) in [4.78, 5) is 11.5. The van der Waals surface area contributed by atoms with Crippen LogP contribution >= 0.6 is 0 Å². The first-order chi connectivity index (χ1) is 7.13. The maximum absolute atomic E-state index is 11.5. The van der Waals surface area contributed by atoms with Crippen molar-refractivity contribution >= 4 is 29.9 Å². The molecule has 2 nitrogen and oxygen atoms in total. The van der Waals surface area contributed by atoms with Crippen LogP contribution in [0.5, 0.6) is 0 Å². The topological polar surface area (TPSA) is 26.3 Å². The third-order valence-corrected chi connectivity index (χ3v) is 2.58. The fraction of sp³-hybridized carbons (Fsp3) is 0.769. The van der Waals surface area contributed by atoms with Crippen LogP contribution in [-0.2, 0) is 9.53 Å². The number of hydrogen-bond donors (Lipinski definition) is 0. The van der Waals surface area contributed by atoms with Gasteiger partial charge in [0.25, 0.3) is 0 Å². The Morgan fingerprint density at radius 1 is 1.06 bits per heavy atom. The van der Waals surface area contributed by atoms with E-state index in [2.05, 4.69) is 13.8 Å². The fourth-order valence-electron chi connectivity index (χ4n) is 1.22. The summed E-state index contributed by atoms with van der Waals surface area (Å²) < 4.78 is 5.15. The first-order valence-corrected chi connectivity index (χ1v) is 5.96. The predicted octanol–water partition coefficient (Wildman–Crippen LogP) is 2.94. The third-order valence-electron chi connectivity index (χ3n) is 2.58. The molecule has 0 rings (SSSR count). The van der Waals surface area contributed by atoms with E-state index in [1.807, 2.05) is 13.8 Å². The van der Waals surface area contributed by atoms with Gasteiger partial charge in [-0.3, -0.25) is 0 Å². The summed E-state index contributed by atoms with van der Waals surface area (Å²) in [6, 6.07) is 0. The van der Waals surface area contributed by atoms with E-state index in [9.17, 15) is 4.79 Å². The molecule has 3 heteroatoms. The van der Waals surface area contributed by atoms with E-state index >= 15 is 0 Å². The van der Waals surface area contributed by atoms with Crippen LogP contribution in [0.4, 0.5) is 0 Å². The Bertz CT molecular complexity index is 222.